The third kappa shape index (κ3) is 3.97. The molecule has 1 aromatic rings. The fourth-order valence-corrected chi connectivity index (χ4v) is 4.96. The molecule has 0 N–H and O–H groups in total. The molecule has 1 aliphatic carbocycles. The number of hydrogen-bond donors (Lipinski definition) is 0. The maximum atomic E-state index is 12.7. The minimum atomic E-state index is 0.0766. The summed E-state index contributed by atoms with van der Waals surface area (Å²) in [6, 6.07) is 8.58. The molecule has 0 aromatic heterocycles. The molecule has 2 fully saturated rings. The first-order valence-corrected chi connectivity index (χ1v) is 9.67. The number of thioether (sulfide) groups is 1. The van der Waals surface area contributed by atoms with Crippen LogP contribution >= 0.6 is 11.8 Å². The molecular formula is C19H25NO2S. The summed E-state index contributed by atoms with van der Waals surface area (Å²) in [6.45, 7) is 3.86. The minimum Gasteiger partial charge on any atom is -0.342 e. The van der Waals surface area contributed by atoms with Crippen LogP contribution in [0.25, 0.3) is 0 Å². The van der Waals surface area contributed by atoms with Crippen molar-refractivity contribution in [3.8, 4) is 0 Å². The van der Waals surface area contributed by atoms with E-state index in [1.165, 1.54) is 11.1 Å². The summed E-state index contributed by atoms with van der Waals surface area (Å²) in [4.78, 5) is 26.1. The van der Waals surface area contributed by atoms with Crippen LogP contribution in [-0.4, -0.2) is 35.4 Å². The van der Waals surface area contributed by atoms with E-state index in [0.29, 0.717) is 23.9 Å². The molecule has 1 aromatic carbocycles. The highest BCUT2D eigenvalue weighted by Crippen LogP contribution is 2.36. The van der Waals surface area contributed by atoms with Gasteiger partial charge in [-0.2, -0.15) is 11.8 Å². The van der Waals surface area contributed by atoms with Gasteiger partial charge in [0.25, 0.3) is 0 Å². The number of aryl methyl sites for hydroxylation is 1. The van der Waals surface area contributed by atoms with Crippen LogP contribution in [0.5, 0.6) is 0 Å². The molecule has 4 heteroatoms. The zero-order valence-electron chi connectivity index (χ0n) is 13.8. The number of Topliss-reactive ketones (excluding diaryl/α,β-unsaturated/α-hetero) is 1. The first-order chi connectivity index (χ1) is 11.1. The van der Waals surface area contributed by atoms with E-state index in [1.807, 2.05) is 16.7 Å². The van der Waals surface area contributed by atoms with Crippen molar-refractivity contribution in [3.63, 3.8) is 0 Å². The summed E-state index contributed by atoms with van der Waals surface area (Å²) >= 11 is 1.97. The molecule has 0 bridgehead atoms. The smallest absolute Gasteiger partial charge is 0.225 e. The maximum Gasteiger partial charge on any atom is 0.225 e. The van der Waals surface area contributed by atoms with Gasteiger partial charge in [0.1, 0.15) is 5.78 Å². The highest BCUT2D eigenvalue weighted by Gasteiger charge is 2.30. The number of nitrogens with zero attached hydrogens (tertiary/aromatic N) is 1. The van der Waals surface area contributed by atoms with Gasteiger partial charge in [0, 0.05) is 42.9 Å². The number of carbonyl (C=O) groups excluding carboxylic acids is 2. The van der Waals surface area contributed by atoms with Crippen molar-refractivity contribution in [1.29, 1.82) is 0 Å². The van der Waals surface area contributed by atoms with Gasteiger partial charge >= 0.3 is 0 Å². The summed E-state index contributed by atoms with van der Waals surface area (Å²) < 4.78 is 0. The molecule has 1 unspecified atom stereocenters. The number of ketones is 1. The maximum absolute atomic E-state index is 12.7. The van der Waals surface area contributed by atoms with E-state index in [1.54, 1.807) is 0 Å². The van der Waals surface area contributed by atoms with Crippen LogP contribution in [0.4, 0.5) is 0 Å². The molecule has 23 heavy (non-hydrogen) atoms. The molecule has 0 radical (unpaired) electrons. The Labute approximate surface area is 142 Å². The fraction of sp³-hybridized carbons (Fsp3) is 0.579. The van der Waals surface area contributed by atoms with E-state index >= 15 is 0 Å². The Morgan fingerprint density at radius 3 is 2.61 bits per heavy atom. The molecule has 1 saturated carbocycles. The highest BCUT2D eigenvalue weighted by molar-refractivity contribution is 7.99. The average molecular weight is 331 g/mol. The number of carbonyl (C=O) groups is 2. The lowest BCUT2D eigenvalue weighted by Gasteiger charge is -2.28. The highest BCUT2D eigenvalue weighted by atomic mass is 32.2. The first-order valence-electron chi connectivity index (χ1n) is 8.63. The second-order valence-corrected chi connectivity index (χ2v) is 7.95. The zero-order valence-corrected chi connectivity index (χ0v) is 14.6. The lowest BCUT2D eigenvalue weighted by molar-refractivity contribution is -0.137. The van der Waals surface area contributed by atoms with Gasteiger partial charge in [-0.3, -0.25) is 9.59 Å². The summed E-state index contributed by atoms with van der Waals surface area (Å²) in [5.74, 6) is 1.67. The van der Waals surface area contributed by atoms with Crippen molar-refractivity contribution in [2.45, 2.75) is 44.3 Å². The van der Waals surface area contributed by atoms with E-state index in [-0.39, 0.29) is 11.8 Å². The number of amides is 1. The van der Waals surface area contributed by atoms with Gasteiger partial charge < -0.3 is 4.90 Å². The van der Waals surface area contributed by atoms with Gasteiger partial charge in [-0.1, -0.05) is 24.3 Å². The molecule has 3 nitrogen and oxygen atoms in total. The van der Waals surface area contributed by atoms with Gasteiger partial charge in [0.2, 0.25) is 5.91 Å². The second kappa shape index (κ2) is 7.52. The van der Waals surface area contributed by atoms with E-state index in [9.17, 15) is 9.59 Å². The summed E-state index contributed by atoms with van der Waals surface area (Å²) in [5.41, 5.74) is 2.76. The summed E-state index contributed by atoms with van der Waals surface area (Å²) in [7, 11) is 0. The van der Waals surface area contributed by atoms with Crippen LogP contribution in [0.2, 0.25) is 0 Å². The first kappa shape index (κ1) is 16.6. The Bertz CT molecular complexity index is 576. The molecule has 1 amide bonds. The molecule has 0 spiro atoms. The van der Waals surface area contributed by atoms with Crippen LogP contribution in [-0.2, 0) is 9.59 Å². The van der Waals surface area contributed by atoms with Crippen LogP contribution in [0.1, 0.15) is 48.5 Å². The Morgan fingerprint density at radius 2 is 1.87 bits per heavy atom. The van der Waals surface area contributed by atoms with Crippen LogP contribution in [0.3, 0.4) is 0 Å². The number of rotatable bonds is 2. The van der Waals surface area contributed by atoms with Crippen molar-refractivity contribution in [3.05, 3.63) is 35.4 Å². The Kier molecular flexibility index (Phi) is 5.42. The van der Waals surface area contributed by atoms with Crippen molar-refractivity contribution in [2.24, 2.45) is 5.92 Å². The quantitative estimate of drug-likeness (QED) is 0.828. The van der Waals surface area contributed by atoms with Crippen molar-refractivity contribution < 1.29 is 9.59 Å². The average Bonchev–Trinajstić information content (AvgIpc) is 2.81. The molecule has 1 saturated heterocycles. The topological polar surface area (TPSA) is 37.4 Å². The third-order valence-electron chi connectivity index (χ3n) is 5.08. The van der Waals surface area contributed by atoms with Gasteiger partial charge in [-0.25, -0.2) is 0 Å². The monoisotopic (exact) mass is 331 g/mol. The lowest BCUT2D eigenvalue weighted by Crippen LogP contribution is -2.39. The van der Waals surface area contributed by atoms with E-state index in [2.05, 4.69) is 31.2 Å². The Balaban J connectivity index is 1.61. The predicted octanol–water partition coefficient (Wildman–Crippen LogP) is 3.76. The minimum absolute atomic E-state index is 0.0766. The molecular weight excluding hydrogens is 306 g/mol. The third-order valence-corrected chi connectivity index (χ3v) is 6.39. The molecule has 1 aliphatic heterocycles. The summed E-state index contributed by atoms with van der Waals surface area (Å²) in [6.07, 6.45) is 3.70. The summed E-state index contributed by atoms with van der Waals surface area (Å²) in [5, 5.41) is 0.488. The second-order valence-electron chi connectivity index (χ2n) is 6.64. The van der Waals surface area contributed by atoms with E-state index in [0.717, 1.165) is 38.1 Å². The van der Waals surface area contributed by atoms with Crippen LogP contribution in [0, 0.1) is 12.8 Å². The molecule has 2 aliphatic rings. The Morgan fingerprint density at radius 1 is 1.13 bits per heavy atom. The van der Waals surface area contributed by atoms with Crippen LogP contribution < -0.4 is 0 Å². The molecule has 3 rings (SSSR count). The predicted molar refractivity (Wildman–Crippen MR) is 94.5 cm³/mol. The van der Waals surface area contributed by atoms with Crippen LogP contribution in [0.15, 0.2) is 24.3 Å². The Hall–Kier alpha value is -1.29. The van der Waals surface area contributed by atoms with Gasteiger partial charge in [0.05, 0.1) is 0 Å². The number of benzene rings is 1. The molecule has 124 valence electrons. The largest absolute Gasteiger partial charge is 0.342 e. The lowest BCUT2D eigenvalue weighted by atomic mass is 9.87. The molecule has 1 atom stereocenters. The molecule has 1 heterocycles. The van der Waals surface area contributed by atoms with Crippen molar-refractivity contribution in [1.82, 2.24) is 4.90 Å². The number of hydrogen-bond acceptors (Lipinski definition) is 3. The normalized spacial score (nSPS) is 23.6. The van der Waals surface area contributed by atoms with Crippen molar-refractivity contribution >= 4 is 23.5 Å². The van der Waals surface area contributed by atoms with E-state index < -0.39 is 0 Å². The van der Waals surface area contributed by atoms with E-state index in [4.69, 9.17) is 0 Å². The van der Waals surface area contributed by atoms with Gasteiger partial charge in [-0.15, -0.1) is 0 Å². The zero-order chi connectivity index (χ0) is 16.2. The standard InChI is InChI=1S/C19H25NO2S/c1-14-4-2-3-5-17(14)18-10-11-20(12-13-23-18)19(22)15-6-8-16(21)9-7-15/h2-5,15,18H,6-13H2,1H3. The van der Waals surface area contributed by atoms with Gasteiger partial charge in [0.15, 0.2) is 0 Å². The van der Waals surface area contributed by atoms with Crippen molar-refractivity contribution in [2.75, 3.05) is 18.8 Å². The fourth-order valence-electron chi connectivity index (χ4n) is 3.63. The SMILES string of the molecule is Cc1ccccc1C1CCN(C(=O)C2CCC(=O)CC2)CCS1. The van der Waals surface area contributed by atoms with Gasteiger partial charge in [-0.05, 0) is 37.3 Å².